The second-order valence-corrected chi connectivity index (χ2v) is 7.83. The van der Waals surface area contributed by atoms with Crippen LogP contribution in [0, 0.1) is 13.8 Å². The van der Waals surface area contributed by atoms with E-state index in [0.717, 1.165) is 41.9 Å². The monoisotopic (exact) mass is 418 g/mol. The van der Waals surface area contributed by atoms with Gasteiger partial charge in [0.05, 0.1) is 0 Å². The molecule has 168 valence electrons. The maximum Gasteiger partial charge on any atom is 0.0482 e. The molecule has 0 radical (unpaired) electrons. The first kappa shape index (κ1) is 26.3. The predicted octanol–water partition coefficient (Wildman–Crippen LogP) is 7.92. The van der Waals surface area contributed by atoms with Gasteiger partial charge in [-0.3, -0.25) is 0 Å². The average molecular weight is 419 g/mol. The molecule has 0 spiro atoms. The lowest BCUT2D eigenvalue weighted by atomic mass is 10.0. The third kappa shape index (κ3) is 7.17. The Hall–Kier alpha value is -2.74. The van der Waals surface area contributed by atoms with Crippen LogP contribution < -0.4 is 5.32 Å². The first-order valence-corrected chi connectivity index (χ1v) is 11.5. The van der Waals surface area contributed by atoms with E-state index < -0.39 is 0 Å². The van der Waals surface area contributed by atoms with Crippen molar-refractivity contribution in [3.8, 4) is 0 Å². The van der Waals surface area contributed by atoms with E-state index in [2.05, 4.69) is 93.9 Å². The van der Waals surface area contributed by atoms with E-state index in [1.165, 1.54) is 34.4 Å². The first-order chi connectivity index (χ1) is 14.8. The van der Waals surface area contributed by atoms with Crippen LogP contribution in [0.5, 0.6) is 0 Å². The van der Waals surface area contributed by atoms with Gasteiger partial charge in [-0.25, -0.2) is 0 Å². The number of nitrogens with zero attached hydrogens (tertiary/aromatic N) is 1. The molecular formula is C29H42N2. The molecule has 0 aliphatic heterocycles. The van der Waals surface area contributed by atoms with Crippen LogP contribution in [0.2, 0.25) is 0 Å². The summed E-state index contributed by atoms with van der Waals surface area (Å²) in [6.07, 6.45) is 7.51. The predicted molar refractivity (Wildman–Crippen MR) is 139 cm³/mol. The van der Waals surface area contributed by atoms with E-state index >= 15 is 0 Å². The van der Waals surface area contributed by atoms with Crippen molar-refractivity contribution < 1.29 is 0 Å². The van der Waals surface area contributed by atoms with Gasteiger partial charge in [-0.1, -0.05) is 72.1 Å². The molecule has 2 nitrogen and oxygen atoms in total. The highest BCUT2D eigenvalue weighted by atomic mass is 15.0. The molecule has 0 aliphatic rings. The van der Waals surface area contributed by atoms with Crippen LogP contribution in [0.25, 0.3) is 5.70 Å². The number of aryl methyl sites for hydroxylation is 3. The van der Waals surface area contributed by atoms with E-state index in [1.54, 1.807) is 0 Å². The van der Waals surface area contributed by atoms with Crippen LogP contribution in [-0.4, -0.2) is 4.57 Å². The zero-order chi connectivity index (χ0) is 23.6. The van der Waals surface area contributed by atoms with Crippen LogP contribution in [0.15, 0.2) is 73.1 Å². The smallest absolute Gasteiger partial charge is 0.0482 e. The highest BCUT2D eigenvalue weighted by Crippen LogP contribution is 2.23. The maximum atomic E-state index is 4.23. The second-order valence-electron chi connectivity index (χ2n) is 7.83. The molecule has 0 atom stereocenters. The van der Waals surface area contributed by atoms with Crippen LogP contribution in [0.1, 0.15) is 69.0 Å². The zero-order valence-corrected chi connectivity index (χ0v) is 20.9. The first-order valence-electron chi connectivity index (χ1n) is 11.5. The molecule has 1 aromatic heterocycles. The molecular weight excluding hydrogens is 376 g/mol. The van der Waals surface area contributed by atoms with Crippen molar-refractivity contribution in [2.75, 3.05) is 0 Å². The van der Waals surface area contributed by atoms with Crippen LogP contribution >= 0.6 is 0 Å². The number of rotatable bonds is 10. The van der Waals surface area contributed by atoms with Crippen molar-refractivity contribution in [3.63, 3.8) is 0 Å². The normalized spacial score (nSPS) is 10.9. The summed E-state index contributed by atoms with van der Waals surface area (Å²) in [5.74, 6) is 0. The molecule has 2 aromatic rings. The molecule has 0 unspecified atom stereocenters. The Morgan fingerprint density at radius 1 is 1.03 bits per heavy atom. The lowest BCUT2D eigenvalue weighted by Gasteiger charge is -2.16. The number of aromatic nitrogens is 1. The molecule has 1 N–H and O–H groups in total. The number of nitrogens with one attached hydrogen (secondary N) is 1. The number of benzene rings is 1. The number of hydrogen-bond donors (Lipinski definition) is 1. The summed E-state index contributed by atoms with van der Waals surface area (Å²) in [6, 6.07) is 8.88. The van der Waals surface area contributed by atoms with Crippen molar-refractivity contribution in [1.29, 1.82) is 0 Å². The fourth-order valence-corrected chi connectivity index (χ4v) is 3.58. The second kappa shape index (κ2) is 12.8. The van der Waals surface area contributed by atoms with Gasteiger partial charge in [-0.2, -0.15) is 0 Å². The summed E-state index contributed by atoms with van der Waals surface area (Å²) in [6.45, 7) is 28.1. The Labute approximate surface area is 191 Å². The number of allylic oxidation sites excluding steroid dienone is 3. The van der Waals surface area contributed by atoms with Crippen molar-refractivity contribution in [1.82, 2.24) is 9.88 Å². The van der Waals surface area contributed by atoms with E-state index in [4.69, 9.17) is 0 Å². The van der Waals surface area contributed by atoms with E-state index in [-0.39, 0.29) is 0 Å². The minimum atomic E-state index is 0.740. The zero-order valence-electron chi connectivity index (χ0n) is 20.9. The maximum absolute atomic E-state index is 4.23. The van der Waals surface area contributed by atoms with E-state index in [1.807, 2.05) is 20.8 Å². The average Bonchev–Trinajstić information content (AvgIpc) is 3.13. The molecule has 0 saturated heterocycles. The molecule has 1 aromatic carbocycles. The Balaban J connectivity index is 0.00000233. The van der Waals surface area contributed by atoms with Gasteiger partial charge >= 0.3 is 0 Å². The summed E-state index contributed by atoms with van der Waals surface area (Å²) in [5.41, 5.74) is 10.4. The van der Waals surface area contributed by atoms with Crippen LogP contribution in [-0.2, 0) is 19.4 Å². The Morgan fingerprint density at radius 3 is 2.23 bits per heavy atom. The van der Waals surface area contributed by atoms with Crippen molar-refractivity contribution >= 4 is 5.70 Å². The Kier molecular flexibility index (Phi) is 10.9. The Bertz CT molecular complexity index is 938. The van der Waals surface area contributed by atoms with Gasteiger partial charge in [0.15, 0.2) is 0 Å². The Morgan fingerprint density at radius 2 is 1.71 bits per heavy atom. The minimum Gasteiger partial charge on any atom is -0.381 e. The summed E-state index contributed by atoms with van der Waals surface area (Å²) < 4.78 is 2.19. The summed E-state index contributed by atoms with van der Waals surface area (Å²) in [7, 11) is 0. The molecule has 0 fully saturated rings. The topological polar surface area (TPSA) is 17.0 Å². The SMILES string of the molecule is C=C(/C=C(/C(=C)C)n1ccc(CC)c1C)C(=C)NCc1ccc(CCC)c(C)c1.CC. The summed E-state index contributed by atoms with van der Waals surface area (Å²) in [4.78, 5) is 0. The molecule has 2 heteroatoms. The fourth-order valence-electron chi connectivity index (χ4n) is 3.58. The lowest BCUT2D eigenvalue weighted by molar-refractivity contribution is 0.824. The van der Waals surface area contributed by atoms with E-state index in [9.17, 15) is 0 Å². The number of hydrogen-bond acceptors (Lipinski definition) is 1. The molecule has 0 aliphatic carbocycles. The van der Waals surface area contributed by atoms with E-state index in [0.29, 0.717) is 0 Å². The quantitative estimate of drug-likeness (QED) is 0.388. The van der Waals surface area contributed by atoms with Crippen molar-refractivity contribution in [2.45, 2.75) is 74.3 Å². The molecule has 0 amide bonds. The lowest BCUT2D eigenvalue weighted by Crippen LogP contribution is -2.13. The van der Waals surface area contributed by atoms with Gasteiger partial charge in [0.2, 0.25) is 0 Å². The van der Waals surface area contributed by atoms with Gasteiger partial charge in [0.1, 0.15) is 0 Å². The highest BCUT2D eigenvalue weighted by molar-refractivity contribution is 5.68. The van der Waals surface area contributed by atoms with Gasteiger partial charge in [-0.05, 0) is 79.2 Å². The largest absolute Gasteiger partial charge is 0.381 e. The van der Waals surface area contributed by atoms with Gasteiger partial charge in [0, 0.05) is 29.8 Å². The molecule has 31 heavy (non-hydrogen) atoms. The standard InChI is InChI=1S/C27H36N2.C2H6/c1-9-11-26-13-12-24(16-21(26)6)18-28-22(7)20(5)17-27(19(3)4)29-15-14-25(10-2)23(29)8;1-2/h12-17,28H,3,5,7,9-11,18H2,1-2,4,6,8H3;1-2H3/b27-17-;. The summed E-state index contributed by atoms with van der Waals surface area (Å²) >= 11 is 0. The third-order valence-corrected chi connectivity index (χ3v) is 5.46. The van der Waals surface area contributed by atoms with Gasteiger partial charge in [-0.15, -0.1) is 0 Å². The van der Waals surface area contributed by atoms with Crippen LogP contribution in [0.4, 0.5) is 0 Å². The molecule has 2 rings (SSSR count). The minimum absolute atomic E-state index is 0.740. The fraction of sp³-hybridized carbons (Fsp3) is 0.379. The molecule has 0 saturated carbocycles. The highest BCUT2D eigenvalue weighted by Gasteiger charge is 2.10. The molecule has 1 heterocycles. The van der Waals surface area contributed by atoms with Crippen molar-refractivity contribution in [2.24, 2.45) is 0 Å². The third-order valence-electron chi connectivity index (χ3n) is 5.46. The van der Waals surface area contributed by atoms with Gasteiger partial charge in [0.25, 0.3) is 0 Å². The summed E-state index contributed by atoms with van der Waals surface area (Å²) in [5, 5.41) is 3.43. The van der Waals surface area contributed by atoms with Crippen molar-refractivity contribution in [3.05, 3.63) is 101 Å². The van der Waals surface area contributed by atoms with Crippen LogP contribution in [0.3, 0.4) is 0 Å². The molecule has 0 bridgehead atoms. The van der Waals surface area contributed by atoms with Gasteiger partial charge < -0.3 is 9.88 Å².